The number of imidazole rings is 1. The summed E-state index contributed by atoms with van der Waals surface area (Å²) in [5, 5.41) is 4.41. The third-order valence-electron chi connectivity index (χ3n) is 2.07. The Balaban J connectivity index is 2.43. The SMILES string of the molecule is CCCc1ccc2nc(OC)cn2n1. The number of fused-ring (bicyclic) bond motifs is 1. The summed E-state index contributed by atoms with van der Waals surface area (Å²) < 4.78 is 6.78. The molecular weight excluding hydrogens is 178 g/mol. The first-order chi connectivity index (χ1) is 6.83. The molecule has 0 aliphatic carbocycles. The molecule has 0 radical (unpaired) electrons. The molecule has 2 aromatic heterocycles. The van der Waals surface area contributed by atoms with Crippen LogP contribution in [0.1, 0.15) is 19.0 Å². The van der Waals surface area contributed by atoms with Crippen LogP contribution in [0.3, 0.4) is 0 Å². The first kappa shape index (κ1) is 8.99. The normalized spacial score (nSPS) is 10.7. The molecule has 14 heavy (non-hydrogen) atoms. The molecule has 0 bridgehead atoms. The van der Waals surface area contributed by atoms with Crippen LogP contribution in [-0.2, 0) is 6.42 Å². The van der Waals surface area contributed by atoms with E-state index in [1.54, 1.807) is 17.8 Å². The van der Waals surface area contributed by atoms with E-state index in [2.05, 4.69) is 17.0 Å². The Hall–Kier alpha value is -1.58. The molecule has 2 aromatic rings. The Kier molecular flexibility index (Phi) is 2.35. The topological polar surface area (TPSA) is 39.4 Å². The van der Waals surface area contributed by atoms with Gasteiger partial charge in [0.15, 0.2) is 5.65 Å². The number of hydrogen-bond acceptors (Lipinski definition) is 3. The Bertz CT molecular complexity index is 436. The van der Waals surface area contributed by atoms with E-state index in [1.165, 1.54) is 0 Å². The van der Waals surface area contributed by atoms with Crippen molar-refractivity contribution in [2.45, 2.75) is 19.8 Å². The molecule has 0 aliphatic heterocycles. The second-order valence-corrected chi connectivity index (χ2v) is 3.16. The van der Waals surface area contributed by atoms with Gasteiger partial charge < -0.3 is 4.74 Å². The molecule has 0 fully saturated rings. The predicted octanol–water partition coefficient (Wildman–Crippen LogP) is 1.69. The molecule has 0 amide bonds. The fourth-order valence-electron chi connectivity index (χ4n) is 1.39. The molecule has 0 N–H and O–H groups in total. The molecule has 0 spiro atoms. The number of hydrogen-bond donors (Lipinski definition) is 0. The summed E-state index contributed by atoms with van der Waals surface area (Å²) >= 11 is 0. The van der Waals surface area contributed by atoms with Crippen molar-refractivity contribution in [1.29, 1.82) is 0 Å². The van der Waals surface area contributed by atoms with Gasteiger partial charge in [-0.15, -0.1) is 0 Å². The highest BCUT2D eigenvalue weighted by Crippen LogP contribution is 2.10. The first-order valence-corrected chi connectivity index (χ1v) is 4.73. The maximum Gasteiger partial charge on any atom is 0.234 e. The number of nitrogens with zero attached hydrogens (tertiary/aromatic N) is 3. The second-order valence-electron chi connectivity index (χ2n) is 3.16. The summed E-state index contributed by atoms with van der Waals surface area (Å²) in [5.41, 5.74) is 1.90. The van der Waals surface area contributed by atoms with Crippen molar-refractivity contribution in [3.8, 4) is 5.88 Å². The van der Waals surface area contributed by atoms with Crippen LogP contribution >= 0.6 is 0 Å². The summed E-state index contributed by atoms with van der Waals surface area (Å²) in [5.74, 6) is 0.603. The van der Waals surface area contributed by atoms with Crippen LogP contribution in [0.5, 0.6) is 5.88 Å². The smallest absolute Gasteiger partial charge is 0.234 e. The van der Waals surface area contributed by atoms with Crippen LogP contribution in [0.15, 0.2) is 18.3 Å². The molecule has 0 aliphatic rings. The van der Waals surface area contributed by atoms with Crippen LogP contribution in [0.25, 0.3) is 5.65 Å². The van der Waals surface area contributed by atoms with Crippen LogP contribution in [0.2, 0.25) is 0 Å². The maximum absolute atomic E-state index is 5.03. The quantitative estimate of drug-likeness (QED) is 0.741. The lowest BCUT2D eigenvalue weighted by atomic mass is 10.2. The predicted molar refractivity (Wildman–Crippen MR) is 53.5 cm³/mol. The summed E-state index contributed by atoms with van der Waals surface area (Å²) in [6.07, 6.45) is 3.88. The van der Waals surface area contributed by atoms with Gasteiger partial charge in [0.2, 0.25) is 5.88 Å². The average Bonchev–Trinajstić information content (AvgIpc) is 2.60. The molecule has 2 rings (SSSR count). The van der Waals surface area contributed by atoms with Gasteiger partial charge in [-0.2, -0.15) is 10.1 Å². The third-order valence-corrected chi connectivity index (χ3v) is 2.07. The van der Waals surface area contributed by atoms with Gasteiger partial charge in [0, 0.05) is 0 Å². The first-order valence-electron chi connectivity index (χ1n) is 4.73. The van der Waals surface area contributed by atoms with E-state index in [4.69, 9.17) is 4.74 Å². The van der Waals surface area contributed by atoms with Crippen molar-refractivity contribution in [3.05, 3.63) is 24.0 Å². The Labute approximate surface area is 82.5 Å². The Morgan fingerprint density at radius 2 is 2.29 bits per heavy atom. The van der Waals surface area contributed by atoms with Crippen LogP contribution in [0.4, 0.5) is 0 Å². The molecule has 2 heterocycles. The Morgan fingerprint density at radius 3 is 3.00 bits per heavy atom. The van der Waals surface area contributed by atoms with E-state index >= 15 is 0 Å². The van der Waals surface area contributed by atoms with Crippen LogP contribution in [-0.4, -0.2) is 21.7 Å². The van der Waals surface area contributed by atoms with Gasteiger partial charge in [0.25, 0.3) is 0 Å². The van der Waals surface area contributed by atoms with E-state index in [1.807, 2.05) is 12.1 Å². The molecule has 0 saturated heterocycles. The number of aryl methyl sites for hydroxylation is 1. The van der Waals surface area contributed by atoms with Gasteiger partial charge in [0.1, 0.15) is 0 Å². The highest BCUT2D eigenvalue weighted by atomic mass is 16.5. The minimum absolute atomic E-state index is 0.603. The number of ether oxygens (including phenoxy) is 1. The highest BCUT2D eigenvalue weighted by molar-refractivity contribution is 5.40. The molecule has 0 unspecified atom stereocenters. The fraction of sp³-hybridized carbons (Fsp3) is 0.400. The zero-order chi connectivity index (χ0) is 9.97. The van der Waals surface area contributed by atoms with Crippen molar-refractivity contribution in [1.82, 2.24) is 14.6 Å². The summed E-state index contributed by atoms with van der Waals surface area (Å²) in [7, 11) is 1.61. The molecular formula is C10H13N3O. The standard InChI is InChI=1S/C10H13N3O/c1-3-4-8-5-6-9-11-10(14-2)7-13(9)12-8/h5-7H,3-4H2,1-2H3. The monoisotopic (exact) mass is 191 g/mol. The minimum atomic E-state index is 0.603. The summed E-state index contributed by atoms with van der Waals surface area (Å²) in [6, 6.07) is 3.96. The van der Waals surface area contributed by atoms with Gasteiger partial charge in [-0.25, -0.2) is 4.52 Å². The van der Waals surface area contributed by atoms with Crippen molar-refractivity contribution in [3.63, 3.8) is 0 Å². The van der Waals surface area contributed by atoms with Crippen molar-refractivity contribution in [2.75, 3.05) is 7.11 Å². The average molecular weight is 191 g/mol. The summed E-state index contributed by atoms with van der Waals surface area (Å²) in [4.78, 5) is 4.21. The third kappa shape index (κ3) is 1.55. The minimum Gasteiger partial charge on any atom is -0.480 e. The highest BCUT2D eigenvalue weighted by Gasteiger charge is 2.02. The van der Waals surface area contributed by atoms with Crippen molar-refractivity contribution in [2.24, 2.45) is 0 Å². The number of aromatic nitrogens is 3. The molecule has 0 saturated carbocycles. The van der Waals surface area contributed by atoms with E-state index in [-0.39, 0.29) is 0 Å². The van der Waals surface area contributed by atoms with E-state index in [0.29, 0.717) is 5.88 Å². The van der Waals surface area contributed by atoms with Gasteiger partial charge in [-0.05, 0) is 18.6 Å². The van der Waals surface area contributed by atoms with Gasteiger partial charge in [0.05, 0.1) is 19.0 Å². The van der Waals surface area contributed by atoms with Gasteiger partial charge >= 0.3 is 0 Å². The largest absolute Gasteiger partial charge is 0.480 e. The summed E-state index contributed by atoms with van der Waals surface area (Å²) in [6.45, 7) is 2.14. The maximum atomic E-state index is 5.03. The molecule has 74 valence electrons. The van der Waals surface area contributed by atoms with Gasteiger partial charge in [-0.1, -0.05) is 13.3 Å². The van der Waals surface area contributed by atoms with E-state index in [9.17, 15) is 0 Å². The van der Waals surface area contributed by atoms with Crippen LogP contribution < -0.4 is 4.74 Å². The lowest BCUT2D eigenvalue weighted by molar-refractivity contribution is 0.400. The van der Waals surface area contributed by atoms with Gasteiger partial charge in [-0.3, -0.25) is 0 Å². The van der Waals surface area contributed by atoms with E-state index < -0.39 is 0 Å². The molecule has 4 heteroatoms. The second kappa shape index (κ2) is 3.65. The lowest BCUT2D eigenvalue weighted by Crippen LogP contribution is -1.96. The lowest BCUT2D eigenvalue weighted by Gasteiger charge is -1.97. The van der Waals surface area contributed by atoms with Crippen molar-refractivity contribution >= 4 is 5.65 Å². The number of methoxy groups -OCH3 is 1. The fourth-order valence-corrected chi connectivity index (χ4v) is 1.39. The molecule has 0 atom stereocenters. The Morgan fingerprint density at radius 1 is 1.43 bits per heavy atom. The van der Waals surface area contributed by atoms with Crippen molar-refractivity contribution < 1.29 is 4.74 Å². The zero-order valence-electron chi connectivity index (χ0n) is 8.40. The number of rotatable bonds is 3. The van der Waals surface area contributed by atoms with Crippen LogP contribution in [0, 0.1) is 0 Å². The molecule has 4 nitrogen and oxygen atoms in total. The molecule has 0 aromatic carbocycles. The zero-order valence-corrected chi connectivity index (χ0v) is 8.40. The van der Waals surface area contributed by atoms with E-state index in [0.717, 1.165) is 24.2 Å².